The van der Waals surface area contributed by atoms with Crippen molar-refractivity contribution >= 4 is 17.8 Å². The van der Waals surface area contributed by atoms with Crippen LogP contribution in [0.4, 0.5) is 15.0 Å². The second-order valence-corrected chi connectivity index (χ2v) is 5.29. The van der Waals surface area contributed by atoms with Crippen LogP contribution in [0.2, 0.25) is 0 Å². The molecule has 1 fully saturated rings. The van der Waals surface area contributed by atoms with Crippen LogP contribution in [0.5, 0.6) is 0 Å². The van der Waals surface area contributed by atoms with Gasteiger partial charge in [-0.1, -0.05) is 0 Å². The van der Waals surface area contributed by atoms with Gasteiger partial charge in [0.2, 0.25) is 0 Å². The van der Waals surface area contributed by atoms with E-state index in [9.17, 15) is 14.0 Å². The van der Waals surface area contributed by atoms with Gasteiger partial charge in [0.25, 0.3) is 5.91 Å². The Hall–Kier alpha value is -2.70. The summed E-state index contributed by atoms with van der Waals surface area (Å²) in [4.78, 5) is 26.7. The van der Waals surface area contributed by atoms with E-state index in [2.05, 4.69) is 5.10 Å². The van der Waals surface area contributed by atoms with Gasteiger partial charge in [-0.15, -0.1) is 5.10 Å². The zero-order valence-corrected chi connectivity index (χ0v) is 12.4. The summed E-state index contributed by atoms with van der Waals surface area (Å²) in [5.41, 5.74) is 1.40. The van der Waals surface area contributed by atoms with Crippen LogP contribution in [0.1, 0.15) is 12.5 Å². The number of aryl methyl sites for hydroxylation is 1. The molecular weight excluding hydrogens is 287 g/mol. The van der Waals surface area contributed by atoms with Gasteiger partial charge in [0.1, 0.15) is 11.9 Å². The highest BCUT2D eigenvalue weighted by atomic mass is 19.1. The second kappa shape index (κ2) is 4.94. The van der Waals surface area contributed by atoms with Crippen molar-refractivity contribution in [2.24, 2.45) is 0 Å². The maximum Gasteiger partial charge on any atom is 0.333 e. The monoisotopic (exact) mass is 302 g/mol. The maximum atomic E-state index is 13.2. The van der Waals surface area contributed by atoms with Crippen LogP contribution >= 0.6 is 0 Å². The van der Waals surface area contributed by atoms with E-state index in [0.717, 1.165) is 4.90 Å². The summed E-state index contributed by atoms with van der Waals surface area (Å²) in [6.07, 6.45) is 1.64. The van der Waals surface area contributed by atoms with Crippen LogP contribution < -0.4 is 4.90 Å². The first-order valence-electron chi connectivity index (χ1n) is 6.83. The number of urea groups is 1. The Morgan fingerprint density at radius 3 is 2.55 bits per heavy atom. The molecule has 6 nitrogen and oxygen atoms in total. The number of amides is 3. The summed E-state index contributed by atoms with van der Waals surface area (Å²) in [7, 11) is 1.58. The number of likely N-dealkylation sites (N-methyl/N-ethyl adjacent to an activating group) is 1. The highest BCUT2D eigenvalue weighted by Gasteiger charge is 2.42. The van der Waals surface area contributed by atoms with Crippen molar-refractivity contribution in [2.45, 2.75) is 19.9 Å². The number of hydrogen-bond donors (Lipinski definition) is 0. The standard InChI is InChI=1S/C15H15FN4O2/c1-9-8-11(16)4-5-12(9)19-7-6-13(17-19)20-14(21)10(2)18(3)15(20)22/h4-8,10H,1-3H3. The van der Waals surface area contributed by atoms with Gasteiger partial charge in [0.05, 0.1) is 5.69 Å². The fourth-order valence-electron chi connectivity index (χ4n) is 2.42. The molecule has 7 heteroatoms. The van der Waals surface area contributed by atoms with Crippen molar-refractivity contribution in [3.8, 4) is 5.69 Å². The normalized spacial score (nSPS) is 18.5. The number of carbonyl (C=O) groups excluding carboxylic acids is 2. The van der Waals surface area contributed by atoms with Crippen molar-refractivity contribution in [3.63, 3.8) is 0 Å². The Morgan fingerprint density at radius 1 is 1.23 bits per heavy atom. The van der Waals surface area contributed by atoms with E-state index in [-0.39, 0.29) is 17.5 Å². The number of halogens is 1. The summed E-state index contributed by atoms with van der Waals surface area (Å²) in [5, 5.41) is 4.27. The van der Waals surface area contributed by atoms with Crippen LogP contribution in [0, 0.1) is 12.7 Å². The first kappa shape index (κ1) is 14.2. The molecule has 1 unspecified atom stereocenters. The van der Waals surface area contributed by atoms with E-state index >= 15 is 0 Å². The SMILES string of the molecule is Cc1cc(F)ccc1-n1ccc(N2C(=O)C(C)N(C)C2=O)n1. The lowest BCUT2D eigenvalue weighted by atomic mass is 10.2. The zero-order chi connectivity index (χ0) is 16.0. The first-order chi connectivity index (χ1) is 10.4. The van der Waals surface area contributed by atoms with Crippen LogP contribution in [0.3, 0.4) is 0 Å². The van der Waals surface area contributed by atoms with E-state index in [4.69, 9.17) is 0 Å². The average Bonchev–Trinajstić information content (AvgIpc) is 3.00. The van der Waals surface area contributed by atoms with Gasteiger partial charge in [-0.25, -0.2) is 18.8 Å². The van der Waals surface area contributed by atoms with Crippen LogP contribution in [-0.2, 0) is 4.79 Å². The maximum absolute atomic E-state index is 13.2. The van der Waals surface area contributed by atoms with E-state index in [0.29, 0.717) is 11.3 Å². The van der Waals surface area contributed by atoms with Gasteiger partial charge < -0.3 is 4.90 Å². The lowest BCUT2D eigenvalue weighted by Gasteiger charge is -2.11. The van der Waals surface area contributed by atoms with E-state index < -0.39 is 12.1 Å². The summed E-state index contributed by atoms with van der Waals surface area (Å²) < 4.78 is 14.7. The number of rotatable bonds is 2. The third-order valence-corrected chi connectivity index (χ3v) is 3.86. The lowest BCUT2D eigenvalue weighted by molar-refractivity contribution is -0.119. The zero-order valence-electron chi connectivity index (χ0n) is 12.4. The predicted molar refractivity (Wildman–Crippen MR) is 78.4 cm³/mol. The molecule has 0 spiro atoms. The average molecular weight is 302 g/mol. The predicted octanol–water partition coefficient (Wildman–Crippen LogP) is 2.11. The third-order valence-electron chi connectivity index (χ3n) is 3.86. The van der Waals surface area contributed by atoms with Gasteiger partial charge in [-0.3, -0.25) is 4.79 Å². The highest BCUT2D eigenvalue weighted by molar-refractivity contribution is 6.20. The molecule has 1 aliphatic rings. The molecule has 1 aromatic carbocycles. The minimum absolute atomic E-state index is 0.259. The van der Waals surface area contributed by atoms with Crippen molar-refractivity contribution in [1.82, 2.24) is 14.7 Å². The Kier molecular flexibility index (Phi) is 3.20. The minimum Gasteiger partial charge on any atom is -0.315 e. The molecule has 1 atom stereocenters. The molecule has 3 amide bonds. The second-order valence-electron chi connectivity index (χ2n) is 5.29. The Morgan fingerprint density at radius 2 is 1.95 bits per heavy atom. The van der Waals surface area contributed by atoms with E-state index in [1.165, 1.54) is 21.7 Å². The van der Waals surface area contributed by atoms with Crippen molar-refractivity contribution in [3.05, 3.63) is 41.8 Å². The number of carbonyl (C=O) groups is 2. The molecule has 0 aliphatic carbocycles. The Labute approximate surface area is 126 Å². The molecule has 0 N–H and O–H groups in total. The van der Waals surface area contributed by atoms with Crippen LogP contribution in [-0.4, -0.2) is 39.7 Å². The summed E-state index contributed by atoms with van der Waals surface area (Å²) in [5.74, 6) is -0.377. The minimum atomic E-state index is -0.509. The molecule has 2 heterocycles. The topological polar surface area (TPSA) is 58.4 Å². The lowest BCUT2D eigenvalue weighted by Crippen LogP contribution is -2.31. The molecule has 1 saturated heterocycles. The number of hydrogen-bond acceptors (Lipinski definition) is 3. The molecule has 1 aromatic heterocycles. The largest absolute Gasteiger partial charge is 0.333 e. The summed E-state index contributed by atoms with van der Waals surface area (Å²) in [6.45, 7) is 3.43. The molecule has 1 aliphatic heterocycles. The van der Waals surface area contributed by atoms with Crippen molar-refractivity contribution in [1.29, 1.82) is 0 Å². The number of imide groups is 1. The van der Waals surface area contributed by atoms with Gasteiger partial charge in [-0.2, -0.15) is 0 Å². The first-order valence-corrected chi connectivity index (χ1v) is 6.83. The quantitative estimate of drug-likeness (QED) is 0.798. The van der Waals surface area contributed by atoms with Gasteiger partial charge in [0.15, 0.2) is 5.82 Å². The summed E-state index contributed by atoms with van der Waals surface area (Å²) >= 11 is 0. The van der Waals surface area contributed by atoms with Crippen LogP contribution in [0.15, 0.2) is 30.5 Å². The fourth-order valence-corrected chi connectivity index (χ4v) is 2.42. The molecule has 0 saturated carbocycles. The smallest absolute Gasteiger partial charge is 0.315 e. The van der Waals surface area contributed by atoms with E-state index in [1.807, 2.05) is 0 Å². The van der Waals surface area contributed by atoms with Crippen molar-refractivity contribution < 1.29 is 14.0 Å². The summed E-state index contributed by atoms with van der Waals surface area (Å²) in [6, 6.07) is 5.02. The van der Waals surface area contributed by atoms with Gasteiger partial charge in [-0.05, 0) is 37.6 Å². The molecule has 0 bridgehead atoms. The molecule has 22 heavy (non-hydrogen) atoms. The van der Waals surface area contributed by atoms with Crippen LogP contribution in [0.25, 0.3) is 5.69 Å². The molecule has 2 aromatic rings. The van der Waals surface area contributed by atoms with Gasteiger partial charge in [0, 0.05) is 19.3 Å². The third kappa shape index (κ3) is 2.05. The Balaban J connectivity index is 1.98. The number of aromatic nitrogens is 2. The highest BCUT2D eigenvalue weighted by Crippen LogP contribution is 2.24. The fraction of sp³-hybridized carbons (Fsp3) is 0.267. The molecule has 3 rings (SSSR count). The molecular formula is C15H15FN4O2. The molecule has 114 valence electrons. The number of nitrogens with zero attached hydrogens (tertiary/aromatic N) is 4. The Bertz CT molecular complexity index is 751. The van der Waals surface area contributed by atoms with E-state index in [1.54, 1.807) is 39.2 Å². The number of anilines is 1. The van der Waals surface area contributed by atoms with Gasteiger partial charge >= 0.3 is 6.03 Å². The number of benzene rings is 1. The molecule has 0 radical (unpaired) electrons. The van der Waals surface area contributed by atoms with Crippen molar-refractivity contribution in [2.75, 3.05) is 11.9 Å².